The van der Waals surface area contributed by atoms with Gasteiger partial charge in [-0.25, -0.2) is 0 Å². The van der Waals surface area contributed by atoms with Crippen LogP contribution in [0, 0.1) is 0 Å². The summed E-state index contributed by atoms with van der Waals surface area (Å²) < 4.78 is 5.72. The van der Waals surface area contributed by atoms with E-state index in [1.54, 1.807) is 6.20 Å². The first-order valence-corrected chi connectivity index (χ1v) is 6.80. The number of hydrogen-bond acceptors (Lipinski definition) is 4. The van der Waals surface area contributed by atoms with E-state index in [0.29, 0.717) is 11.5 Å². The van der Waals surface area contributed by atoms with E-state index in [9.17, 15) is 0 Å². The number of aromatic nitrogens is 1. The number of nitrogens with one attached hydrogen (secondary N) is 1. The molecule has 0 aliphatic rings. The Balaban J connectivity index is 2.06. The Bertz CT molecular complexity index is 540. The average molecular weight is 272 g/mol. The van der Waals surface area contributed by atoms with Gasteiger partial charge in [0.1, 0.15) is 11.5 Å². The summed E-state index contributed by atoms with van der Waals surface area (Å²) in [4.78, 5) is 4.40. The summed E-state index contributed by atoms with van der Waals surface area (Å²) in [6.07, 6.45) is 1.72. The Hall–Kier alpha value is -1.91. The predicted molar refractivity (Wildman–Crippen MR) is 78.8 cm³/mol. The van der Waals surface area contributed by atoms with Crippen LogP contribution in [0.3, 0.4) is 0 Å². The third-order valence-corrected chi connectivity index (χ3v) is 3.03. The van der Waals surface area contributed by atoms with Crippen LogP contribution in [0.1, 0.15) is 31.1 Å². The minimum Gasteiger partial charge on any atom is -0.456 e. The van der Waals surface area contributed by atoms with Gasteiger partial charge >= 0.3 is 0 Å². The fraction of sp³-hybridized carbons (Fsp3) is 0.312. The van der Waals surface area contributed by atoms with Crippen LogP contribution < -0.4 is 10.1 Å². The highest BCUT2D eigenvalue weighted by molar-refractivity contribution is 5.33. The van der Waals surface area contributed by atoms with Gasteiger partial charge in [0.15, 0.2) is 0 Å². The second-order valence-electron chi connectivity index (χ2n) is 4.61. The van der Waals surface area contributed by atoms with Crippen molar-refractivity contribution >= 4 is 0 Å². The van der Waals surface area contributed by atoms with E-state index in [0.717, 1.165) is 17.8 Å². The monoisotopic (exact) mass is 272 g/mol. The first-order chi connectivity index (χ1) is 9.72. The van der Waals surface area contributed by atoms with Gasteiger partial charge in [-0.2, -0.15) is 0 Å². The summed E-state index contributed by atoms with van der Waals surface area (Å²) in [6.45, 7) is 5.07. The van der Waals surface area contributed by atoms with Gasteiger partial charge in [-0.1, -0.05) is 19.1 Å². The lowest BCUT2D eigenvalue weighted by atomic mass is 10.2. The molecule has 0 aliphatic carbocycles. The minimum absolute atomic E-state index is 0.00852. The molecule has 2 N–H and O–H groups in total. The van der Waals surface area contributed by atoms with Gasteiger partial charge in [0, 0.05) is 6.04 Å². The third kappa shape index (κ3) is 3.79. The Labute approximate surface area is 119 Å². The quantitative estimate of drug-likeness (QED) is 0.848. The van der Waals surface area contributed by atoms with Gasteiger partial charge in [-0.05, 0) is 43.3 Å². The van der Waals surface area contributed by atoms with Crippen molar-refractivity contribution in [3.63, 3.8) is 0 Å². The molecule has 2 aromatic rings. The zero-order chi connectivity index (χ0) is 14.4. The Morgan fingerprint density at radius 3 is 2.75 bits per heavy atom. The van der Waals surface area contributed by atoms with Crippen LogP contribution in [0.4, 0.5) is 0 Å². The van der Waals surface area contributed by atoms with Crippen molar-refractivity contribution in [3.8, 4) is 11.5 Å². The van der Waals surface area contributed by atoms with Crippen molar-refractivity contribution in [1.82, 2.24) is 10.3 Å². The van der Waals surface area contributed by atoms with Gasteiger partial charge in [0.05, 0.1) is 18.5 Å². The first kappa shape index (κ1) is 14.5. The number of benzene rings is 1. The van der Waals surface area contributed by atoms with Crippen LogP contribution in [0.25, 0.3) is 0 Å². The molecule has 1 aromatic carbocycles. The van der Waals surface area contributed by atoms with Crippen LogP contribution in [-0.2, 0) is 6.61 Å². The maximum absolute atomic E-state index is 9.10. The topological polar surface area (TPSA) is 54.4 Å². The number of ether oxygens (including phenoxy) is 1. The molecule has 4 nitrogen and oxygen atoms in total. The lowest BCUT2D eigenvalue weighted by molar-refractivity contribution is 0.281. The average Bonchev–Trinajstić information content (AvgIpc) is 2.48. The molecule has 20 heavy (non-hydrogen) atoms. The first-order valence-electron chi connectivity index (χ1n) is 6.80. The fourth-order valence-corrected chi connectivity index (χ4v) is 1.96. The Morgan fingerprint density at radius 1 is 1.25 bits per heavy atom. The van der Waals surface area contributed by atoms with Crippen molar-refractivity contribution in [2.45, 2.75) is 26.5 Å². The van der Waals surface area contributed by atoms with Gasteiger partial charge in [-0.3, -0.25) is 4.98 Å². The second kappa shape index (κ2) is 7.03. The summed E-state index contributed by atoms with van der Waals surface area (Å²) in [7, 11) is 0. The van der Waals surface area contributed by atoms with Crippen molar-refractivity contribution in [3.05, 3.63) is 53.9 Å². The number of aliphatic hydroxyl groups is 1. The number of nitrogens with zero attached hydrogens (tertiary/aromatic N) is 1. The van der Waals surface area contributed by atoms with Crippen molar-refractivity contribution in [1.29, 1.82) is 0 Å². The number of aliphatic hydroxyl groups excluding tert-OH is 1. The zero-order valence-electron chi connectivity index (χ0n) is 11.8. The fourth-order valence-electron chi connectivity index (χ4n) is 1.96. The molecule has 1 unspecified atom stereocenters. The standard InChI is InChI=1S/C16H20N2O2/c1-3-17-12(2)16-8-7-15(10-18-16)20-14-6-4-5-13(9-14)11-19/h4-10,12,17,19H,3,11H2,1-2H3. The van der Waals surface area contributed by atoms with Crippen LogP contribution >= 0.6 is 0 Å². The van der Waals surface area contributed by atoms with E-state index in [1.165, 1.54) is 0 Å². The smallest absolute Gasteiger partial charge is 0.145 e. The summed E-state index contributed by atoms with van der Waals surface area (Å²) in [5.74, 6) is 1.39. The molecule has 0 saturated carbocycles. The molecular formula is C16H20N2O2. The lowest BCUT2D eigenvalue weighted by Gasteiger charge is -2.12. The molecule has 0 amide bonds. The van der Waals surface area contributed by atoms with E-state index in [2.05, 4.69) is 24.1 Å². The zero-order valence-corrected chi connectivity index (χ0v) is 11.8. The van der Waals surface area contributed by atoms with Crippen molar-refractivity contribution in [2.24, 2.45) is 0 Å². The molecule has 1 atom stereocenters. The third-order valence-electron chi connectivity index (χ3n) is 3.03. The van der Waals surface area contributed by atoms with E-state index in [-0.39, 0.29) is 12.6 Å². The van der Waals surface area contributed by atoms with Crippen molar-refractivity contribution in [2.75, 3.05) is 6.54 Å². The molecule has 0 aliphatic heterocycles. The summed E-state index contributed by atoms with van der Waals surface area (Å²) in [5.41, 5.74) is 1.82. The summed E-state index contributed by atoms with van der Waals surface area (Å²) in [6, 6.07) is 11.5. The SMILES string of the molecule is CCNC(C)c1ccc(Oc2cccc(CO)c2)cn1. The molecule has 106 valence electrons. The molecule has 0 fully saturated rings. The largest absolute Gasteiger partial charge is 0.456 e. The normalized spacial score (nSPS) is 12.2. The summed E-state index contributed by atoms with van der Waals surface area (Å²) >= 11 is 0. The molecule has 2 rings (SSSR count). The molecule has 0 spiro atoms. The molecule has 4 heteroatoms. The number of hydrogen-bond donors (Lipinski definition) is 2. The van der Waals surface area contributed by atoms with Crippen molar-refractivity contribution < 1.29 is 9.84 Å². The second-order valence-corrected chi connectivity index (χ2v) is 4.61. The number of rotatable bonds is 6. The maximum Gasteiger partial charge on any atom is 0.145 e. The van der Waals surface area contributed by atoms with Gasteiger partial charge < -0.3 is 15.2 Å². The highest BCUT2D eigenvalue weighted by atomic mass is 16.5. The number of pyridine rings is 1. The Kier molecular flexibility index (Phi) is 5.09. The van der Waals surface area contributed by atoms with E-state index in [4.69, 9.17) is 9.84 Å². The molecule has 0 saturated heterocycles. The van der Waals surface area contributed by atoms with Gasteiger partial charge in [0.2, 0.25) is 0 Å². The highest BCUT2D eigenvalue weighted by Gasteiger charge is 2.05. The van der Waals surface area contributed by atoms with E-state index < -0.39 is 0 Å². The van der Waals surface area contributed by atoms with Crippen LogP contribution in [0.5, 0.6) is 11.5 Å². The molecule has 1 heterocycles. The lowest BCUT2D eigenvalue weighted by Crippen LogP contribution is -2.18. The molecular weight excluding hydrogens is 252 g/mol. The van der Waals surface area contributed by atoms with Crippen LogP contribution in [-0.4, -0.2) is 16.6 Å². The summed E-state index contributed by atoms with van der Waals surface area (Å²) in [5, 5.41) is 12.4. The van der Waals surface area contributed by atoms with Crippen LogP contribution in [0.2, 0.25) is 0 Å². The van der Waals surface area contributed by atoms with E-state index >= 15 is 0 Å². The van der Waals surface area contributed by atoms with Crippen LogP contribution in [0.15, 0.2) is 42.6 Å². The minimum atomic E-state index is 0.00852. The van der Waals surface area contributed by atoms with Gasteiger partial charge in [0.25, 0.3) is 0 Å². The molecule has 0 bridgehead atoms. The highest BCUT2D eigenvalue weighted by Crippen LogP contribution is 2.22. The predicted octanol–water partition coefficient (Wildman–Crippen LogP) is 3.04. The maximum atomic E-state index is 9.10. The van der Waals surface area contributed by atoms with Gasteiger partial charge in [-0.15, -0.1) is 0 Å². The molecule has 1 aromatic heterocycles. The molecule has 0 radical (unpaired) electrons. The van der Waals surface area contributed by atoms with E-state index in [1.807, 2.05) is 36.4 Å². The Morgan fingerprint density at radius 2 is 2.10 bits per heavy atom.